The van der Waals surface area contributed by atoms with E-state index >= 15 is 0 Å². The molecule has 0 saturated heterocycles. The molecule has 3 aromatic rings. The second kappa shape index (κ2) is 9.15. The summed E-state index contributed by atoms with van der Waals surface area (Å²) in [6.07, 6.45) is -0.223. The zero-order valence-electron chi connectivity index (χ0n) is 18.4. The number of aromatic nitrogens is 2. The minimum atomic E-state index is -2.91. The van der Waals surface area contributed by atoms with Gasteiger partial charge in [0, 0.05) is 22.8 Å². The molecule has 1 aliphatic rings. The van der Waals surface area contributed by atoms with Crippen molar-refractivity contribution in [3.8, 4) is 5.88 Å². The number of halogens is 3. The Bertz CT molecular complexity index is 1150. The third-order valence-electron chi connectivity index (χ3n) is 6.28. The van der Waals surface area contributed by atoms with Gasteiger partial charge in [0.25, 0.3) is 6.43 Å². The van der Waals surface area contributed by atoms with Crippen LogP contribution in [0.4, 0.5) is 18.9 Å². The Morgan fingerprint density at radius 1 is 1.18 bits per heavy atom. The van der Waals surface area contributed by atoms with E-state index in [0.29, 0.717) is 48.0 Å². The Labute approximate surface area is 189 Å². The lowest BCUT2D eigenvalue weighted by Crippen LogP contribution is -2.34. The number of hydrogen-bond acceptors (Lipinski definition) is 6. The fourth-order valence-electron chi connectivity index (χ4n) is 4.35. The van der Waals surface area contributed by atoms with Gasteiger partial charge < -0.3 is 20.3 Å². The largest absolute Gasteiger partial charge is 0.479 e. The summed E-state index contributed by atoms with van der Waals surface area (Å²) in [7, 11) is 1.45. The molecule has 1 saturated carbocycles. The lowest BCUT2D eigenvalue weighted by atomic mass is 9.80. The lowest BCUT2D eigenvalue weighted by Gasteiger charge is -2.34. The van der Waals surface area contributed by atoms with Crippen molar-refractivity contribution in [3.05, 3.63) is 59.2 Å². The highest BCUT2D eigenvalue weighted by atomic mass is 19.3. The third kappa shape index (κ3) is 4.47. The van der Waals surface area contributed by atoms with Crippen LogP contribution in [0.3, 0.4) is 0 Å². The van der Waals surface area contributed by atoms with Gasteiger partial charge in [0.05, 0.1) is 30.5 Å². The van der Waals surface area contributed by atoms with Crippen molar-refractivity contribution < 1.29 is 28.1 Å². The van der Waals surface area contributed by atoms with Gasteiger partial charge in [-0.05, 0) is 44.7 Å². The number of pyridine rings is 2. The molecule has 33 heavy (non-hydrogen) atoms. The summed E-state index contributed by atoms with van der Waals surface area (Å²) in [6.45, 7) is 1.68. The normalized spacial score (nSPS) is 21.9. The molecular weight excluding hydrogens is 435 g/mol. The monoisotopic (exact) mass is 461 g/mol. The van der Waals surface area contributed by atoms with Crippen LogP contribution in [0.2, 0.25) is 0 Å². The first-order valence-electron chi connectivity index (χ1n) is 10.8. The van der Waals surface area contributed by atoms with Gasteiger partial charge in [-0.2, -0.15) is 0 Å². The molecule has 2 aromatic heterocycles. The second-order valence-electron chi connectivity index (χ2n) is 8.45. The molecule has 3 N–H and O–H groups in total. The van der Waals surface area contributed by atoms with E-state index in [2.05, 4.69) is 15.3 Å². The third-order valence-corrected chi connectivity index (χ3v) is 6.28. The summed E-state index contributed by atoms with van der Waals surface area (Å²) < 4.78 is 46.4. The lowest BCUT2D eigenvalue weighted by molar-refractivity contribution is -0.0393. The maximum Gasteiger partial charge on any atom is 0.266 e. The predicted molar refractivity (Wildman–Crippen MR) is 118 cm³/mol. The molecule has 0 spiro atoms. The van der Waals surface area contributed by atoms with Crippen LogP contribution in [0.1, 0.15) is 61.9 Å². The maximum atomic E-state index is 14.7. The Balaban J connectivity index is 1.75. The molecule has 1 atom stereocenters. The highest BCUT2D eigenvalue weighted by Crippen LogP contribution is 2.40. The fraction of sp³-hybridized carbons (Fsp3) is 0.417. The number of rotatable bonds is 6. The van der Waals surface area contributed by atoms with Crippen molar-refractivity contribution in [1.82, 2.24) is 9.97 Å². The van der Waals surface area contributed by atoms with Crippen molar-refractivity contribution in [2.45, 2.75) is 56.8 Å². The van der Waals surface area contributed by atoms with Crippen LogP contribution in [0.5, 0.6) is 5.88 Å². The van der Waals surface area contributed by atoms with Gasteiger partial charge >= 0.3 is 0 Å². The smallest absolute Gasteiger partial charge is 0.266 e. The molecule has 176 valence electrons. The Morgan fingerprint density at radius 3 is 2.55 bits per heavy atom. The van der Waals surface area contributed by atoms with Gasteiger partial charge in [-0.25, -0.2) is 18.2 Å². The first kappa shape index (κ1) is 23.3. The predicted octanol–water partition coefficient (Wildman–Crippen LogP) is 5.01. The van der Waals surface area contributed by atoms with Crippen LogP contribution < -0.4 is 10.1 Å². The Morgan fingerprint density at radius 2 is 1.88 bits per heavy atom. The van der Waals surface area contributed by atoms with E-state index in [9.17, 15) is 23.4 Å². The molecule has 6 nitrogen and oxygen atoms in total. The van der Waals surface area contributed by atoms with Crippen molar-refractivity contribution in [2.75, 3.05) is 12.4 Å². The van der Waals surface area contributed by atoms with Crippen molar-refractivity contribution >= 4 is 16.6 Å². The average Bonchev–Trinajstić information content (AvgIpc) is 2.80. The molecule has 1 fully saturated rings. The molecule has 9 heteroatoms. The molecule has 0 unspecified atom stereocenters. The standard InChI is InChI=1S/C24H26F3N3O3/c1-13(15-4-3-5-16(20(15)25)22(26)27)29-18-8-11-28-21-17(18)12-19(30-23(21)33-2)24(32)9-6-14(31)7-10-24/h3-5,8,11-14,22,31-32H,6-7,9-10H2,1-2H3,(H,28,29)/t13-,14?,24?/m1/s1. The van der Waals surface area contributed by atoms with Crippen LogP contribution in [0.15, 0.2) is 36.5 Å². The quantitative estimate of drug-likeness (QED) is 0.478. The van der Waals surface area contributed by atoms with E-state index in [1.54, 1.807) is 25.3 Å². The number of aliphatic hydroxyl groups excluding tert-OH is 1. The summed E-state index contributed by atoms with van der Waals surface area (Å²) in [5, 5.41) is 24.8. The van der Waals surface area contributed by atoms with E-state index < -0.39 is 35.6 Å². The number of alkyl halides is 2. The molecule has 0 aliphatic heterocycles. The molecule has 0 radical (unpaired) electrons. The molecule has 1 aromatic carbocycles. The number of aliphatic hydroxyl groups is 2. The highest BCUT2D eigenvalue weighted by molar-refractivity contribution is 5.94. The van der Waals surface area contributed by atoms with E-state index in [0.717, 1.165) is 6.07 Å². The summed E-state index contributed by atoms with van der Waals surface area (Å²) in [4.78, 5) is 8.82. The number of benzene rings is 1. The number of nitrogens with zero attached hydrogens (tertiary/aromatic N) is 2. The number of anilines is 1. The first-order valence-corrected chi connectivity index (χ1v) is 10.8. The van der Waals surface area contributed by atoms with Gasteiger partial charge in [0.2, 0.25) is 5.88 Å². The molecule has 0 bridgehead atoms. The van der Waals surface area contributed by atoms with Gasteiger partial charge in [0.1, 0.15) is 16.9 Å². The zero-order chi connectivity index (χ0) is 23.8. The van der Waals surface area contributed by atoms with Gasteiger partial charge in [-0.1, -0.05) is 18.2 Å². The fourth-order valence-corrected chi connectivity index (χ4v) is 4.35. The molecular formula is C24H26F3N3O3. The number of ether oxygens (including phenoxy) is 1. The second-order valence-corrected chi connectivity index (χ2v) is 8.45. The highest BCUT2D eigenvalue weighted by Gasteiger charge is 2.36. The molecule has 2 heterocycles. The van der Waals surface area contributed by atoms with Gasteiger partial charge in [-0.15, -0.1) is 0 Å². The van der Waals surface area contributed by atoms with Crippen molar-refractivity contribution in [2.24, 2.45) is 0 Å². The topological polar surface area (TPSA) is 87.5 Å². The van der Waals surface area contributed by atoms with Crippen molar-refractivity contribution in [3.63, 3.8) is 0 Å². The minimum absolute atomic E-state index is 0.110. The SMILES string of the molecule is COc1nc(C2(O)CCC(O)CC2)cc2c(N[C@H](C)c3cccc(C(F)F)c3F)ccnc12. The number of hydrogen-bond donors (Lipinski definition) is 3. The van der Waals surface area contributed by atoms with Crippen molar-refractivity contribution in [1.29, 1.82) is 0 Å². The van der Waals surface area contributed by atoms with Gasteiger partial charge in [-0.3, -0.25) is 4.98 Å². The van der Waals surface area contributed by atoms with Gasteiger partial charge in [0.15, 0.2) is 0 Å². The maximum absolute atomic E-state index is 14.7. The summed E-state index contributed by atoms with van der Waals surface area (Å²) in [5.41, 5.74) is -0.352. The zero-order valence-corrected chi connectivity index (χ0v) is 18.4. The molecule has 1 aliphatic carbocycles. The van der Waals surface area contributed by atoms with Crippen LogP contribution in [-0.4, -0.2) is 33.4 Å². The number of nitrogens with one attached hydrogen (secondary N) is 1. The number of methoxy groups -OCH3 is 1. The molecule has 0 amide bonds. The average molecular weight is 461 g/mol. The van der Waals surface area contributed by atoms with Crippen LogP contribution in [0, 0.1) is 5.82 Å². The first-order chi connectivity index (χ1) is 15.7. The Kier molecular flexibility index (Phi) is 6.45. The van der Waals surface area contributed by atoms with E-state index in [1.807, 2.05) is 0 Å². The minimum Gasteiger partial charge on any atom is -0.479 e. The molecule has 4 rings (SSSR count). The Hall–Kier alpha value is -2.91. The van der Waals surface area contributed by atoms with Crippen LogP contribution >= 0.6 is 0 Å². The number of fused-ring (bicyclic) bond motifs is 1. The van der Waals surface area contributed by atoms with E-state index in [-0.39, 0.29) is 11.4 Å². The van der Waals surface area contributed by atoms with Crippen LogP contribution in [0.25, 0.3) is 10.9 Å². The van der Waals surface area contributed by atoms with E-state index in [4.69, 9.17) is 4.74 Å². The summed E-state index contributed by atoms with van der Waals surface area (Å²) >= 11 is 0. The van der Waals surface area contributed by atoms with Crippen LogP contribution in [-0.2, 0) is 5.60 Å². The van der Waals surface area contributed by atoms with E-state index in [1.165, 1.54) is 19.2 Å². The summed E-state index contributed by atoms with van der Waals surface area (Å²) in [6, 6.07) is 6.70. The summed E-state index contributed by atoms with van der Waals surface area (Å²) in [5.74, 6) is -0.717.